The summed E-state index contributed by atoms with van der Waals surface area (Å²) in [5, 5.41) is 0. The molecule has 1 aliphatic rings. The second-order valence-electron chi connectivity index (χ2n) is 6.59. The molecule has 0 spiro atoms. The van der Waals surface area contributed by atoms with Gasteiger partial charge in [0.15, 0.2) is 0 Å². The van der Waals surface area contributed by atoms with Crippen molar-refractivity contribution in [3.8, 4) is 5.75 Å². The van der Waals surface area contributed by atoms with Crippen molar-refractivity contribution in [3.05, 3.63) is 59.9 Å². The number of aromatic nitrogens is 1. The van der Waals surface area contributed by atoms with Gasteiger partial charge in [-0.15, -0.1) is 0 Å². The van der Waals surface area contributed by atoms with E-state index in [-0.39, 0.29) is 5.91 Å². The van der Waals surface area contributed by atoms with Crippen LogP contribution in [0.4, 0.5) is 0 Å². The summed E-state index contributed by atoms with van der Waals surface area (Å²) in [5.74, 6) is 1.77. The van der Waals surface area contributed by atoms with Crippen molar-refractivity contribution < 1.29 is 9.53 Å². The van der Waals surface area contributed by atoms with Gasteiger partial charge in [0.25, 0.3) is 5.91 Å². The molecule has 2 heterocycles. The van der Waals surface area contributed by atoms with Crippen LogP contribution in [0.5, 0.6) is 5.75 Å². The number of benzene rings is 1. The zero-order valence-corrected chi connectivity index (χ0v) is 14.9. The van der Waals surface area contributed by atoms with E-state index in [4.69, 9.17) is 4.74 Å². The zero-order chi connectivity index (χ0) is 17.5. The first-order chi connectivity index (χ1) is 12.3. The monoisotopic (exact) mass is 338 g/mol. The second-order valence-corrected chi connectivity index (χ2v) is 6.59. The van der Waals surface area contributed by atoms with Crippen molar-refractivity contribution in [2.75, 3.05) is 19.7 Å². The highest BCUT2D eigenvalue weighted by atomic mass is 16.5. The average molecular weight is 338 g/mol. The number of aryl methyl sites for hydroxylation is 1. The molecule has 1 amide bonds. The van der Waals surface area contributed by atoms with Crippen LogP contribution >= 0.6 is 0 Å². The van der Waals surface area contributed by atoms with Gasteiger partial charge in [0.2, 0.25) is 0 Å². The Labute approximate surface area is 149 Å². The largest absolute Gasteiger partial charge is 0.494 e. The quantitative estimate of drug-likeness (QED) is 0.800. The number of hydrogen-bond acceptors (Lipinski definition) is 3. The zero-order valence-electron chi connectivity index (χ0n) is 14.9. The number of carbonyl (C=O) groups is 1. The van der Waals surface area contributed by atoms with E-state index in [9.17, 15) is 4.79 Å². The van der Waals surface area contributed by atoms with Gasteiger partial charge in [-0.2, -0.15) is 0 Å². The molecule has 0 radical (unpaired) electrons. The Morgan fingerprint density at radius 2 is 1.80 bits per heavy atom. The highest BCUT2D eigenvalue weighted by Crippen LogP contribution is 2.24. The standard InChI is InChI=1S/C21H26N2O2/c1-2-25-20-7-5-17(6-8-20)3-4-18-11-15-23(16-12-18)21(24)19-9-13-22-14-10-19/h5-10,13-14,18H,2-4,11-12,15-16H2,1H3. The van der Waals surface area contributed by atoms with Gasteiger partial charge in [-0.25, -0.2) is 0 Å². The van der Waals surface area contributed by atoms with E-state index >= 15 is 0 Å². The summed E-state index contributed by atoms with van der Waals surface area (Å²) in [4.78, 5) is 18.4. The predicted molar refractivity (Wildman–Crippen MR) is 98.8 cm³/mol. The molecule has 1 aromatic carbocycles. The SMILES string of the molecule is CCOc1ccc(CCC2CCN(C(=O)c3ccncc3)CC2)cc1. The molecule has 0 N–H and O–H groups in total. The topological polar surface area (TPSA) is 42.4 Å². The van der Waals surface area contributed by atoms with Crippen LogP contribution in [-0.4, -0.2) is 35.5 Å². The Bertz CT molecular complexity index is 662. The molecule has 0 atom stereocenters. The molecule has 0 unspecified atom stereocenters. The molecule has 1 fully saturated rings. The summed E-state index contributed by atoms with van der Waals surface area (Å²) in [6, 6.07) is 12.0. The number of amides is 1. The molecule has 3 rings (SSSR count). The third-order valence-electron chi connectivity index (χ3n) is 4.90. The minimum Gasteiger partial charge on any atom is -0.494 e. The van der Waals surface area contributed by atoms with Gasteiger partial charge >= 0.3 is 0 Å². The minimum absolute atomic E-state index is 0.132. The van der Waals surface area contributed by atoms with E-state index in [0.717, 1.165) is 43.7 Å². The molecule has 0 saturated carbocycles. The van der Waals surface area contributed by atoms with Gasteiger partial charge in [-0.05, 0) is 68.4 Å². The first-order valence-corrected chi connectivity index (χ1v) is 9.17. The number of hydrogen-bond donors (Lipinski definition) is 0. The summed E-state index contributed by atoms with van der Waals surface area (Å²) in [6.45, 7) is 4.42. The summed E-state index contributed by atoms with van der Waals surface area (Å²) in [5.41, 5.74) is 2.10. The minimum atomic E-state index is 0.132. The van der Waals surface area contributed by atoms with E-state index in [1.165, 1.54) is 12.0 Å². The van der Waals surface area contributed by atoms with E-state index < -0.39 is 0 Å². The Balaban J connectivity index is 1.44. The number of ether oxygens (including phenoxy) is 1. The molecule has 4 heteroatoms. The lowest BCUT2D eigenvalue weighted by molar-refractivity contribution is 0.0687. The Kier molecular flexibility index (Phi) is 6.04. The lowest BCUT2D eigenvalue weighted by atomic mass is 9.90. The fourth-order valence-corrected chi connectivity index (χ4v) is 3.39. The average Bonchev–Trinajstić information content (AvgIpc) is 2.68. The van der Waals surface area contributed by atoms with Crippen LogP contribution in [0.2, 0.25) is 0 Å². The van der Waals surface area contributed by atoms with Crippen LogP contribution in [0.15, 0.2) is 48.8 Å². The molecule has 1 saturated heterocycles. The van der Waals surface area contributed by atoms with Crippen molar-refractivity contribution in [3.63, 3.8) is 0 Å². The first kappa shape index (κ1) is 17.5. The lowest BCUT2D eigenvalue weighted by Gasteiger charge is -2.32. The van der Waals surface area contributed by atoms with Crippen molar-refractivity contribution >= 4 is 5.91 Å². The molecule has 0 aliphatic carbocycles. The summed E-state index contributed by atoms with van der Waals surface area (Å²) in [7, 11) is 0. The van der Waals surface area contributed by atoms with Crippen molar-refractivity contribution in [2.24, 2.45) is 5.92 Å². The van der Waals surface area contributed by atoms with Crippen molar-refractivity contribution in [1.82, 2.24) is 9.88 Å². The summed E-state index contributed by atoms with van der Waals surface area (Å²) in [6.07, 6.45) is 7.82. The molecular weight excluding hydrogens is 312 g/mol. The fourth-order valence-electron chi connectivity index (χ4n) is 3.39. The van der Waals surface area contributed by atoms with Gasteiger partial charge in [-0.3, -0.25) is 9.78 Å². The molecule has 25 heavy (non-hydrogen) atoms. The number of piperidine rings is 1. The molecule has 1 aliphatic heterocycles. The van der Waals surface area contributed by atoms with Gasteiger partial charge in [-0.1, -0.05) is 12.1 Å². The molecule has 2 aromatic rings. The van der Waals surface area contributed by atoms with Gasteiger partial charge in [0, 0.05) is 31.0 Å². The third kappa shape index (κ3) is 4.81. The number of likely N-dealkylation sites (tertiary alicyclic amines) is 1. The van der Waals surface area contributed by atoms with Crippen molar-refractivity contribution in [2.45, 2.75) is 32.6 Å². The lowest BCUT2D eigenvalue weighted by Crippen LogP contribution is -2.38. The van der Waals surface area contributed by atoms with Crippen LogP contribution in [0.25, 0.3) is 0 Å². The summed E-state index contributed by atoms with van der Waals surface area (Å²) < 4.78 is 5.48. The maximum atomic E-state index is 12.5. The third-order valence-corrected chi connectivity index (χ3v) is 4.90. The van der Waals surface area contributed by atoms with Crippen LogP contribution in [0.3, 0.4) is 0 Å². The van der Waals surface area contributed by atoms with Crippen LogP contribution in [0, 0.1) is 5.92 Å². The van der Waals surface area contributed by atoms with E-state index in [2.05, 4.69) is 29.2 Å². The van der Waals surface area contributed by atoms with E-state index in [0.29, 0.717) is 12.5 Å². The van der Waals surface area contributed by atoms with Crippen LogP contribution < -0.4 is 4.74 Å². The Morgan fingerprint density at radius 1 is 1.12 bits per heavy atom. The molecule has 0 bridgehead atoms. The Hall–Kier alpha value is -2.36. The van der Waals surface area contributed by atoms with Crippen LogP contribution in [-0.2, 0) is 6.42 Å². The maximum Gasteiger partial charge on any atom is 0.253 e. The first-order valence-electron chi connectivity index (χ1n) is 9.17. The smallest absolute Gasteiger partial charge is 0.253 e. The molecule has 4 nitrogen and oxygen atoms in total. The van der Waals surface area contributed by atoms with Gasteiger partial charge < -0.3 is 9.64 Å². The molecular formula is C21H26N2O2. The number of pyridine rings is 1. The number of nitrogens with zero attached hydrogens (tertiary/aromatic N) is 2. The Morgan fingerprint density at radius 3 is 2.44 bits per heavy atom. The van der Waals surface area contributed by atoms with Crippen molar-refractivity contribution in [1.29, 1.82) is 0 Å². The molecule has 132 valence electrons. The highest BCUT2D eigenvalue weighted by molar-refractivity contribution is 5.94. The van der Waals surface area contributed by atoms with E-state index in [1.807, 2.05) is 11.8 Å². The van der Waals surface area contributed by atoms with Gasteiger partial charge in [0.05, 0.1) is 6.61 Å². The van der Waals surface area contributed by atoms with E-state index in [1.54, 1.807) is 24.5 Å². The maximum absolute atomic E-state index is 12.5. The second kappa shape index (κ2) is 8.65. The summed E-state index contributed by atoms with van der Waals surface area (Å²) >= 11 is 0. The molecule has 1 aromatic heterocycles. The highest BCUT2D eigenvalue weighted by Gasteiger charge is 2.23. The van der Waals surface area contributed by atoms with Gasteiger partial charge in [0.1, 0.15) is 5.75 Å². The normalized spacial score (nSPS) is 15.2. The number of carbonyl (C=O) groups excluding carboxylic acids is 1. The number of rotatable bonds is 6. The van der Waals surface area contributed by atoms with Crippen LogP contribution in [0.1, 0.15) is 42.1 Å². The predicted octanol–water partition coefficient (Wildman–Crippen LogP) is 3.97. The fraction of sp³-hybridized carbons (Fsp3) is 0.429.